The molecule has 4 fully saturated rings. The van der Waals surface area contributed by atoms with Gasteiger partial charge in [-0.25, -0.2) is 0 Å². The molecule has 0 saturated heterocycles. The fourth-order valence-electron chi connectivity index (χ4n) is 8.56. The minimum Gasteiger partial charge on any atom is -0.465 e. The molecule has 4 aliphatic rings. The second-order valence-corrected chi connectivity index (χ2v) is 15.3. The maximum atomic E-state index is 13.0. The molecule has 4 rings (SSSR count). The lowest BCUT2D eigenvalue weighted by Gasteiger charge is -2.56. The summed E-state index contributed by atoms with van der Waals surface area (Å²) in [5.74, 6) is 1.41. The summed E-state index contributed by atoms with van der Waals surface area (Å²) in [5, 5.41) is 0. The van der Waals surface area contributed by atoms with Crippen LogP contribution in [0.1, 0.15) is 168 Å². The second-order valence-electron chi connectivity index (χ2n) is 15.3. The highest BCUT2D eigenvalue weighted by atomic mass is 16.6. The van der Waals surface area contributed by atoms with Gasteiger partial charge in [0.2, 0.25) is 0 Å². The van der Waals surface area contributed by atoms with Crippen molar-refractivity contribution in [1.29, 1.82) is 0 Å². The molecular formula is C41H68O6. The van der Waals surface area contributed by atoms with E-state index in [1.54, 1.807) is 0 Å². The molecule has 4 bridgehead atoms. The predicted octanol–water partition coefficient (Wildman–Crippen LogP) is 10.6. The van der Waals surface area contributed by atoms with Crippen molar-refractivity contribution >= 4 is 17.9 Å². The summed E-state index contributed by atoms with van der Waals surface area (Å²) in [5.41, 5.74) is 0.125. The van der Waals surface area contributed by atoms with Crippen LogP contribution in [-0.2, 0) is 28.6 Å². The summed E-state index contributed by atoms with van der Waals surface area (Å²) in [6.07, 6.45) is 34.5. The molecule has 4 aliphatic carbocycles. The Bertz CT molecular complexity index is 916. The van der Waals surface area contributed by atoms with E-state index in [4.69, 9.17) is 14.2 Å². The van der Waals surface area contributed by atoms with Gasteiger partial charge >= 0.3 is 17.9 Å². The first-order valence-electron chi connectivity index (χ1n) is 19.7. The molecule has 0 heterocycles. The smallest absolute Gasteiger partial charge is 0.306 e. The van der Waals surface area contributed by atoms with E-state index in [1.165, 1.54) is 77.0 Å². The van der Waals surface area contributed by atoms with Crippen molar-refractivity contribution in [3.05, 3.63) is 24.3 Å². The van der Waals surface area contributed by atoms with E-state index in [9.17, 15) is 14.4 Å². The van der Waals surface area contributed by atoms with E-state index in [2.05, 4.69) is 38.2 Å². The van der Waals surface area contributed by atoms with E-state index >= 15 is 0 Å². The molecule has 0 aromatic carbocycles. The number of esters is 3. The normalized spacial score (nSPS) is 23.8. The quantitative estimate of drug-likeness (QED) is 0.0379. The van der Waals surface area contributed by atoms with E-state index in [1.807, 2.05) is 0 Å². The highest BCUT2D eigenvalue weighted by molar-refractivity contribution is 5.71. The van der Waals surface area contributed by atoms with Crippen molar-refractivity contribution in [3.8, 4) is 0 Å². The molecule has 0 aromatic heterocycles. The molecule has 1 unspecified atom stereocenters. The van der Waals surface area contributed by atoms with E-state index in [0.717, 1.165) is 75.5 Å². The number of unbranched alkanes of at least 4 members (excludes halogenated alkanes) is 11. The average molecular weight is 657 g/mol. The molecule has 6 nitrogen and oxygen atoms in total. The van der Waals surface area contributed by atoms with Crippen molar-refractivity contribution in [2.45, 2.75) is 168 Å². The molecule has 0 aliphatic heterocycles. The maximum absolute atomic E-state index is 13.0. The van der Waals surface area contributed by atoms with Crippen LogP contribution >= 0.6 is 0 Å². The van der Waals surface area contributed by atoms with Gasteiger partial charge in [0.05, 0.1) is 12.3 Å². The van der Waals surface area contributed by atoms with Gasteiger partial charge in [-0.3, -0.25) is 14.4 Å². The number of carbonyl (C=O) groups is 3. The van der Waals surface area contributed by atoms with Gasteiger partial charge in [0.25, 0.3) is 0 Å². The van der Waals surface area contributed by atoms with E-state index in [0.29, 0.717) is 19.3 Å². The third-order valence-corrected chi connectivity index (χ3v) is 10.7. The first-order chi connectivity index (χ1) is 22.9. The molecule has 0 spiro atoms. The third kappa shape index (κ3) is 16.7. The standard InChI is InChI=1S/C41H68O6/c1-3-5-7-9-10-11-12-13-14-15-16-17-18-19-21-23-39(43)46-32-37(31-45-38(42)22-20-8-6-4-2)33-47-40(44)30-41-27-34-24-35(28-41)26-36(25-34)29-41/h10-11,13-14,34-37H,3-9,12,15-33H2,1-2H3/b11-10-,14-13-. The molecule has 0 N–H and O–H groups in total. The van der Waals surface area contributed by atoms with Crippen LogP contribution in [0.4, 0.5) is 0 Å². The molecule has 268 valence electrons. The highest BCUT2D eigenvalue weighted by Gasteiger charge is 2.51. The number of allylic oxidation sites excluding steroid dienone is 4. The molecule has 6 heteroatoms. The zero-order chi connectivity index (χ0) is 33.6. The van der Waals surface area contributed by atoms with Crippen molar-refractivity contribution in [2.75, 3.05) is 19.8 Å². The van der Waals surface area contributed by atoms with Crippen molar-refractivity contribution in [2.24, 2.45) is 29.1 Å². The molecule has 0 aromatic rings. The van der Waals surface area contributed by atoms with Crippen LogP contribution in [0.3, 0.4) is 0 Å². The fourth-order valence-corrected chi connectivity index (χ4v) is 8.56. The average Bonchev–Trinajstić information content (AvgIpc) is 3.03. The van der Waals surface area contributed by atoms with Gasteiger partial charge in [0.15, 0.2) is 0 Å². The van der Waals surface area contributed by atoms with E-state index < -0.39 is 0 Å². The Balaban J connectivity index is 1.29. The summed E-state index contributed by atoms with van der Waals surface area (Å²) in [6, 6.07) is 0. The highest BCUT2D eigenvalue weighted by Crippen LogP contribution is 2.61. The molecule has 47 heavy (non-hydrogen) atoms. The first-order valence-corrected chi connectivity index (χ1v) is 19.7. The van der Waals surface area contributed by atoms with Gasteiger partial charge in [-0.2, -0.15) is 0 Å². The first kappa shape index (κ1) is 39.3. The zero-order valence-corrected chi connectivity index (χ0v) is 30.2. The maximum Gasteiger partial charge on any atom is 0.306 e. The van der Waals surface area contributed by atoms with Crippen LogP contribution in [0.5, 0.6) is 0 Å². The van der Waals surface area contributed by atoms with Gasteiger partial charge in [-0.1, -0.05) is 89.5 Å². The van der Waals surface area contributed by atoms with Gasteiger partial charge in [-0.05, 0) is 107 Å². The lowest BCUT2D eigenvalue weighted by atomic mass is 9.49. The monoisotopic (exact) mass is 657 g/mol. The summed E-state index contributed by atoms with van der Waals surface area (Å²) >= 11 is 0. The van der Waals surface area contributed by atoms with Crippen LogP contribution in [0.15, 0.2) is 24.3 Å². The third-order valence-electron chi connectivity index (χ3n) is 10.7. The molecule has 1 atom stereocenters. The van der Waals surface area contributed by atoms with Crippen LogP contribution < -0.4 is 0 Å². The lowest BCUT2D eigenvalue weighted by molar-refractivity contribution is -0.157. The summed E-state index contributed by atoms with van der Waals surface area (Å²) in [6.45, 7) is 4.71. The lowest BCUT2D eigenvalue weighted by Crippen LogP contribution is -2.47. The number of rotatable bonds is 27. The van der Waals surface area contributed by atoms with Gasteiger partial charge in [0, 0.05) is 12.8 Å². The number of hydrogen-bond donors (Lipinski definition) is 0. The number of hydrogen-bond acceptors (Lipinski definition) is 6. The molecular weight excluding hydrogens is 588 g/mol. The SMILES string of the molecule is CCCCC/C=C\C/C=C\CCCCCCCC(=O)OCC(COC(=O)CCCCCC)COC(=O)CC12CC3CC(CC(C3)C1)C2. The Morgan fingerprint density at radius 1 is 0.574 bits per heavy atom. The topological polar surface area (TPSA) is 78.9 Å². The van der Waals surface area contributed by atoms with Crippen molar-refractivity contribution in [3.63, 3.8) is 0 Å². The summed E-state index contributed by atoms with van der Waals surface area (Å²) < 4.78 is 16.9. The van der Waals surface area contributed by atoms with E-state index in [-0.39, 0.29) is 49.1 Å². The fraction of sp³-hybridized carbons (Fsp3) is 0.829. The number of carbonyl (C=O) groups excluding carboxylic acids is 3. The van der Waals surface area contributed by atoms with Crippen LogP contribution in [-0.4, -0.2) is 37.7 Å². The van der Waals surface area contributed by atoms with Gasteiger partial charge in [0.1, 0.15) is 19.8 Å². The predicted molar refractivity (Wildman–Crippen MR) is 190 cm³/mol. The summed E-state index contributed by atoms with van der Waals surface area (Å²) in [7, 11) is 0. The minimum atomic E-state index is -0.344. The molecule has 4 saturated carbocycles. The second kappa shape index (κ2) is 23.3. The number of ether oxygens (including phenoxy) is 3. The van der Waals surface area contributed by atoms with Crippen LogP contribution in [0.25, 0.3) is 0 Å². The van der Waals surface area contributed by atoms with Crippen molar-refractivity contribution < 1.29 is 28.6 Å². The Kier molecular flexibility index (Phi) is 19.5. The van der Waals surface area contributed by atoms with Crippen molar-refractivity contribution in [1.82, 2.24) is 0 Å². The Morgan fingerprint density at radius 3 is 1.53 bits per heavy atom. The minimum absolute atomic E-state index is 0.104. The molecule has 0 radical (unpaired) electrons. The Labute approximate surface area is 287 Å². The largest absolute Gasteiger partial charge is 0.465 e. The molecule has 0 amide bonds. The Hall–Kier alpha value is -2.11. The Morgan fingerprint density at radius 2 is 1.00 bits per heavy atom. The summed E-state index contributed by atoms with van der Waals surface area (Å²) in [4.78, 5) is 37.9. The van der Waals surface area contributed by atoms with Gasteiger partial charge < -0.3 is 14.2 Å². The van der Waals surface area contributed by atoms with Crippen LogP contribution in [0.2, 0.25) is 0 Å². The van der Waals surface area contributed by atoms with Gasteiger partial charge in [-0.15, -0.1) is 0 Å². The van der Waals surface area contributed by atoms with Crippen LogP contribution in [0, 0.1) is 29.1 Å². The zero-order valence-electron chi connectivity index (χ0n) is 30.2.